The van der Waals surface area contributed by atoms with Crippen LogP contribution in [-0.2, 0) is 11.3 Å². The third-order valence-electron chi connectivity index (χ3n) is 4.71. The Morgan fingerprint density at radius 2 is 2.20 bits per heavy atom. The Balaban J connectivity index is 1.68. The highest BCUT2D eigenvalue weighted by Gasteiger charge is 2.26. The number of imidazole rings is 1. The molecule has 1 fully saturated rings. The number of methoxy groups -OCH3 is 1. The Hall–Kier alpha value is -2.08. The fourth-order valence-electron chi connectivity index (χ4n) is 3.28. The summed E-state index contributed by atoms with van der Waals surface area (Å²) in [6.07, 6.45) is 1.40. The second kappa shape index (κ2) is 6.67. The molecule has 4 rings (SSSR count). The lowest BCUT2D eigenvalue weighted by Gasteiger charge is -2.13. The molecule has 2 heterocycles. The minimum Gasteiger partial charge on any atom is -0.495 e. The Kier molecular flexibility index (Phi) is 4.37. The van der Waals surface area contributed by atoms with Gasteiger partial charge < -0.3 is 19.1 Å². The first-order valence-corrected chi connectivity index (χ1v) is 8.58. The first-order chi connectivity index (χ1) is 12.2. The average Bonchev–Trinajstić information content (AvgIpc) is 3.22. The van der Waals surface area contributed by atoms with Gasteiger partial charge in [0.25, 0.3) is 0 Å². The molecule has 1 saturated heterocycles. The highest BCUT2D eigenvalue weighted by molar-refractivity contribution is 6.34. The number of ether oxygens (including phenoxy) is 2. The third-order valence-corrected chi connectivity index (χ3v) is 5.10. The van der Waals surface area contributed by atoms with Gasteiger partial charge in [-0.15, -0.1) is 0 Å². The first kappa shape index (κ1) is 16.4. The van der Waals surface area contributed by atoms with E-state index in [0.717, 1.165) is 22.2 Å². The smallest absolute Gasteiger partial charge is 0.138 e. The number of nitrogens with zero attached hydrogens (tertiary/aromatic N) is 2. The molecule has 0 aliphatic carbocycles. The Morgan fingerprint density at radius 3 is 2.96 bits per heavy atom. The molecule has 25 heavy (non-hydrogen) atoms. The number of benzene rings is 2. The van der Waals surface area contributed by atoms with Gasteiger partial charge in [-0.05, 0) is 23.8 Å². The summed E-state index contributed by atoms with van der Waals surface area (Å²) >= 11 is 6.44. The number of rotatable bonds is 4. The molecule has 6 heteroatoms. The van der Waals surface area contributed by atoms with E-state index in [1.165, 1.54) is 0 Å². The van der Waals surface area contributed by atoms with Gasteiger partial charge in [0.1, 0.15) is 5.75 Å². The van der Waals surface area contributed by atoms with Crippen molar-refractivity contribution in [2.75, 3.05) is 20.3 Å². The van der Waals surface area contributed by atoms with E-state index in [0.29, 0.717) is 30.5 Å². The van der Waals surface area contributed by atoms with Crippen LogP contribution in [0.2, 0.25) is 5.02 Å². The lowest BCUT2D eigenvalue weighted by Crippen LogP contribution is -2.22. The van der Waals surface area contributed by atoms with Gasteiger partial charge in [-0.3, -0.25) is 0 Å². The molecule has 1 aliphatic rings. The number of aliphatic hydroxyl groups is 1. The molecule has 2 atom stereocenters. The molecule has 2 aromatic carbocycles. The zero-order chi connectivity index (χ0) is 17.4. The van der Waals surface area contributed by atoms with Crippen molar-refractivity contribution in [3.8, 4) is 16.9 Å². The van der Waals surface area contributed by atoms with Crippen molar-refractivity contribution in [3.05, 3.63) is 47.7 Å². The van der Waals surface area contributed by atoms with E-state index in [1.54, 1.807) is 7.11 Å². The molecule has 1 N–H and O–H groups in total. The largest absolute Gasteiger partial charge is 0.495 e. The van der Waals surface area contributed by atoms with E-state index in [4.69, 9.17) is 21.1 Å². The number of halogens is 1. The predicted octanol–water partition coefficient (Wildman–Crippen LogP) is 3.37. The van der Waals surface area contributed by atoms with Crippen LogP contribution in [-0.4, -0.2) is 41.1 Å². The predicted molar refractivity (Wildman–Crippen MR) is 97.0 cm³/mol. The van der Waals surface area contributed by atoms with Crippen molar-refractivity contribution in [2.24, 2.45) is 5.92 Å². The molecular weight excluding hydrogens is 340 g/mol. The van der Waals surface area contributed by atoms with Crippen molar-refractivity contribution in [3.63, 3.8) is 0 Å². The third kappa shape index (κ3) is 2.99. The molecule has 5 nitrogen and oxygen atoms in total. The van der Waals surface area contributed by atoms with Gasteiger partial charge in [0.2, 0.25) is 0 Å². The summed E-state index contributed by atoms with van der Waals surface area (Å²) in [5.74, 6) is 0.755. The second-order valence-electron chi connectivity index (χ2n) is 6.29. The van der Waals surface area contributed by atoms with Crippen LogP contribution >= 0.6 is 11.6 Å². The summed E-state index contributed by atoms with van der Waals surface area (Å²) in [4.78, 5) is 4.51. The van der Waals surface area contributed by atoms with Crippen molar-refractivity contribution >= 4 is 22.6 Å². The van der Waals surface area contributed by atoms with E-state index >= 15 is 0 Å². The fourth-order valence-corrected chi connectivity index (χ4v) is 3.59. The summed E-state index contributed by atoms with van der Waals surface area (Å²) in [5.41, 5.74) is 3.83. The van der Waals surface area contributed by atoms with E-state index in [2.05, 4.69) is 9.55 Å². The standard InChI is InChI=1S/C19H19ClN2O3/c1-24-18-4-2-3-14(19(18)20)12-5-6-16-15(7-12)21-11-22(16)8-13-9-25-10-17(13)23/h2-7,11,13,17,23H,8-10H2,1H3. The Labute approximate surface area is 150 Å². The molecule has 0 radical (unpaired) electrons. The van der Waals surface area contributed by atoms with Gasteiger partial charge in [-0.1, -0.05) is 29.8 Å². The van der Waals surface area contributed by atoms with Gasteiger partial charge in [-0.25, -0.2) is 4.98 Å². The molecule has 0 amide bonds. The molecule has 1 aromatic heterocycles. The molecule has 0 saturated carbocycles. The van der Waals surface area contributed by atoms with Crippen molar-refractivity contribution in [2.45, 2.75) is 12.6 Å². The molecule has 130 valence electrons. The Morgan fingerprint density at radius 1 is 1.32 bits per heavy atom. The SMILES string of the molecule is COc1cccc(-c2ccc3c(c2)ncn3CC2COCC2O)c1Cl. The number of fused-ring (bicyclic) bond motifs is 1. The maximum atomic E-state index is 9.95. The van der Waals surface area contributed by atoms with Crippen LogP contribution in [0.1, 0.15) is 0 Å². The van der Waals surface area contributed by atoms with Crippen LogP contribution in [0.3, 0.4) is 0 Å². The lowest BCUT2D eigenvalue weighted by molar-refractivity contribution is 0.116. The lowest BCUT2D eigenvalue weighted by atomic mass is 10.0. The first-order valence-electron chi connectivity index (χ1n) is 8.21. The Bertz CT molecular complexity index is 909. The van der Waals surface area contributed by atoms with E-state index < -0.39 is 6.10 Å². The summed E-state index contributed by atoms with van der Waals surface area (Å²) < 4.78 is 12.7. The summed E-state index contributed by atoms with van der Waals surface area (Å²) in [7, 11) is 1.61. The second-order valence-corrected chi connectivity index (χ2v) is 6.67. The maximum absolute atomic E-state index is 9.95. The molecular formula is C19H19ClN2O3. The quantitative estimate of drug-likeness (QED) is 0.776. The van der Waals surface area contributed by atoms with Gasteiger partial charge in [0.05, 0.1) is 48.8 Å². The maximum Gasteiger partial charge on any atom is 0.138 e. The number of aromatic nitrogens is 2. The van der Waals surface area contributed by atoms with E-state index in [1.807, 2.05) is 42.7 Å². The van der Waals surface area contributed by atoms with E-state index in [9.17, 15) is 5.11 Å². The zero-order valence-corrected chi connectivity index (χ0v) is 14.6. The minimum atomic E-state index is -0.410. The van der Waals surface area contributed by atoms with Gasteiger partial charge in [0.15, 0.2) is 0 Å². The monoisotopic (exact) mass is 358 g/mol. The summed E-state index contributed by atoms with van der Waals surface area (Å²) in [5, 5.41) is 10.5. The molecule has 1 aliphatic heterocycles. The molecule has 3 aromatic rings. The van der Waals surface area contributed by atoms with Crippen molar-refractivity contribution in [1.29, 1.82) is 0 Å². The number of aliphatic hydroxyl groups excluding tert-OH is 1. The fraction of sp³-hybridized carbons (Fsp3) is 0.316. The normalized spacial score (nSPS) is 20.3. The minimum absolute atomic E-state index is 0.102. The van der Waals surface area contributed by atoms with Crippen LogP contribution in [0.4, 0.5) is 0 Å². The van der Waals surface area contributed by atoms with Crippen LogP contribution in [0.5, 0.6) is 5.75 Å². The van der Waals surface area contributed by atoms with Crippen LogP contribution in [0.15, 0.2) is 42.7 Å². The summed E-state index contributed by atoms with van der Waals surface area (Å²) in [6.45, 7) is 1.69. The molecule has 0 bridgehead atoms. The highest BCUT2D eigenvalue weighted by Crippen LogP contribution is 2.36. The zero-order valence-electron chi connectivity index (χ0n) is 13.9. The highest BCUT2D eigenvalue weighted by atomic mass is 35.5. The molecule has 2 unspecified atom stereocenters. The number of hydrogen-bond acceptors (Lipinski definition) is 4. The van der Waals surface area contributed by atoms with Crippen molar-refractivity contribution in [1.82, 2.24) is 9.55 Å². The van der Waals surface area contributed by atoms with Crippen LogP contribution in [0.25, 0.3) is 22.2 Å². The van der Waals surface area contributed by atoms with E-state index in [-0.39, 0.29) is 5.92 Å². The van der Waals surface area contributed by atoms with Crippen LogP contribution < -0.4 is 4.74 Å². The van der Waals surface area contributed by atoms with Gasteiger partial charge in [-0.2, -0.15) is 0 Å². The van der Waals surface area contributed by atoms with Gasteiger partial charge in [0, 0.05) is 18.0 Å². The summed E-state index contributed by atoms with van der Waals surface area (Å²) in [6, 6.07) is 11.8. The topological polar surface area (TPSA) is 56.5 Å². The number of hydrogen-bond donors (Lipinski definition) is 1. The van der Waals surface area contributed by atoms with Crippen LogP contribution in [0, 0.1) is 5.92 Å². The van der Waals surface area contributed by atoms with Crippen molar-refractivity contribution < 1.29 is 14.6 Å². The average molecular weight is 359 g/mol. The molecule has 0 spiro atoms. The van der Waals surface area contributed by atoms with Gasteiger partial charge >= 0.3 is 0 Å².